The highest BCUT2D eigenvalue weighted by molar-refractivity contribution is 7.89. The van der Waals surface area contributed by atoms with Crippen LogP contribution in [0, 0.1) is 5.92 Å². The summed E-state index contributed by atoms with van der Waals surface area (Å²) >= 11 is 5.65. The van der Waals surface area contributed by atoms with Crippen molar-refractivity contribution in [3.8, 4) is 11.5 Å². The van der Waals surface area contributed by atoms with E-state index in [1.165, 1.54) is 12.1 Å². The number of alkyl halides is 1. The number of sulfonamides is 1. The first-order chi connectivity index (χ1) is 15.7. The molecular weight excluding hydrogens is 468 g/mol. The topological polar surface area (TPSA) is 105 Å². The molecule has 0 bridgehead atoms. The molecule has 0 aliphatic carbocycles. The van der Waals surface area contributed by atoms with Crippen LogP contribution >= 0.6 is 11.6 Å². The summed E-state index contributed by atoms with van der Waals surface area (Å²) in [6.07, 6.45) is 0.895. The Hall–Kier alpha value is -2.33. The molecule has 0 spiro atoms. The number of nitrogens with one attached hydrogen (secondary N) is 1. The number of rotatable bonds is 13. The second kappa shape index (κ2) is 12.8. The predicted octanol–water partition coefficient (Wildman–Crippen LogP) is 3.81. The highest BCUT2D eigenvalue weighted by atomic mass is 35.5. The van der Waals surface area contributed by atoms with Gasteiger partial charge in [-0.2, -0.15) is 4.31 Å². The van der Waals surface area contributed by atoms with Crippen LogP contribution in [0.2, 0.25) is 0 Å². The summed E-state index contributed by atoms with van der Waals surface area (Å²) in [6.45, 7) is 4.11. The van der Waals surface area contributed by atoms with Crippen LogP contribution in [0.4, 0.5) is 0 Å². The van der Waals surface area contributed by atoms with E-state index in [0.29, 0.717) is 36.0 Å². The Morgan fingerprint density at radius 1 is 1.09 bits per heavy atom. The third-order valence-electron chi connectivity index (χ3n) is 4.93. The minimum Gasteiger partial charge on any atom is -0.497 e. The summed E-state index contributed by atoms with van der Waals surface area (Å²) in [7, 11) is -2.56. The molecule has 0 aliphatic rings. The first-order valence-electron chi connectivity index (χ1n) is 10.6. The zero-order valence-electron chi connectivity index (χ0n) is 19.0. The van der Waals surface area contributed by atoms with Gasteiger partial charge in [0.25, 0.3) is 5.91 Å². The highest BCUT2D eigenvalue weighted by Crippen LogP contribution is 2.27. The first-order valence-corrected chi connectivity index (χ1v) is 12.6. The molecule has 0 heterocycles. The summed E-state index contributed by atoms with van der Waals surface area (Å²) in [5.41, 5.74) is 2.29. The van der Waals surface area contributed by atoms with Crippen molar-refractivity contribution in [3.05, 3.63) is 54.1 Å². The van der Waals surface area contributed by atoms with Gasteiger partial charge in [0.15, 0.2) is 0 Å². The molecule has 0 radical (unpaired) electrons. The molecule has 2 N–H and O–H groups in total. The molecule has 1 amide bonds. The van der Waals surface area contributed by atoms with Crippen LogP contribution in [0.5, 0.6) is 11.5 Å². The monoisotopic (exact) mass is 498 g/mol. The number of nitrogens with zero attached hydrogens (tertiary/aromatic N) is 1. The van der Waals surface area contributed by atoms with Crippen molar-refractivity contribution in [2.75, 3.05) is 19.6 Å². The van der Waals surface area contributed by atoms with E-state index < -0.39 is 22.0 Å². The maximum Gasteiger partial charge on any atom is 0.261 e. The van der Waals surface area contributed by atoms with Crippen LogP contribution in [0.1, 0.15) is 32.3 Å². The highest BCUT2D eigenvalue weighted by Gasteiger charge is 2.36. The van der Waals surface area contributed by atoms with Crippen LogP contribution < -0.4 is 15.0 Å². The molecule has 1 atom stereocenters. The number of halogens is 1. The third kappa shape index (κ3) is 7.60. The molecular formula is C23H31ClN2O6S. The molecule has 182 valence electrons. The van der Waals surface area contributed by atoms with Crippen molar-refractivity contribution in [1.29, 1.82) is 0 Å². The first kappa shape index (κ1) is 26.9. The van der Waals surface area contributed by atoms with Crippen molar-refractivity contribution in [1.82, 2.24) is 9.79 Å². The van der Waals surface area contributed by atoms with E-state index in [-0.39, 0.29) is 23.8 Å². The van der Waals surface area contributed by atoms with Crippen molar-refractivity contribution in [2.45, 2.75) is 44.2 Å². The fraction of sp³-hybridized carbons (Fsp3) is 0.435. The standard InChI is InChI=1S/C23H31ClN2O6S/c1-17(2)15-22(23(27)25-28)26(16-18-5-7-19(31-3)8-6-18)33(29,30)21-11-9-20(10-12-21)32-14-4-13-24/h5-12,17,22,28H,4,13-16H2,1-3H3,(H,25,27)/t22-/m1/s1. The number of amides is 1. The van der Waals surface area contributed by atoms with Gasteiger partial charge in [0.1, 0.15) is 17.5 Å². The molecule has 0 saturated carbocycles. The SMILES string of the molecule is COc1ccc(CN([C@H](CC(C)C)C(=O)NO)S(=O)(=O)c2ccc(OCCCCl)cc2)cc1. The average molecular weight is 499 g/mol. The maximum atomic E-state index is 13.7. The number of hydroxylamine groups is 1. The molecule has 0 saturated heterocycles. The van der Waals surface area contributed by atoms with Gasteiger partial charge in [-0.15, -0.1) is 11.6 Å². The van der Waals surface area contributed by atoms with Gasteiger partial charge < -0.3 is 9.47 Å². The number of hydrogen-bond donors (Lipinski definition) is 2. The molecule has 0 unspecified atom stereocenters. The number of hydrogen-bond acceptors (Lipinski definition) is 6. The number of carbonyl (C=O) groups is 1. The number of methoxy groups -OCH3 is 1. The third-order valence-corrected chi connectivity index (χ3v) is 7.07. The Morgan fingerprint density at radius 2 is 1.70 bits per heavy atom. The van der Waals surface area contributed by atoms with Gasteiger partial charge in [-0.3, -0.25) is 10.0 Å². The van der Waals surface area contributed by atoms with Gasteiger partial charge in [0, 0.05) is 12.4 Å². The Bertz CT molecular complexity index is 981. The minimum absolute atomic E-state index is 0.00132. The summed E-state index contributed by atoms with van der Waals surface area (Å²) in [5.74, 6) is 0.828. The molecule has 2 rings (SSSR count). The Balaban J connectivity index is 2.43. The largest absolute Gasteiger partial charge is 0.497 e. The van der Waals surface area contributed by atoms with Crippen LogP contribution in [0.25, 0.3) is 0 Å². The molecule has 33 heavy (non-hydrogen) atoms. The number of carbonyl (C=O) groups excluding carboxylic acids is 1. The fourth-order valence-electron chi connectivity index (χ4n) is 3.24. The van der Waals surface area contributed by atoms with Crippen molar-refractivity contribution >= 4 is 27.5 Å². The Kier molecular flexibility index (Phi) is 10.4. The number of ether oxygens (including phenoxy) is 2. The van der Waals surface area contributed by atoms with Gasteiger partial charge in [0.2, 0.25) is 10.0 Å². The Labute approximate surface area is 200 Å². The average Bonchev–Trinajstić information content (AvgIpc) is 2.81. The molecule has 0 aromatic heterocycles. The van der Waals surface area contributed by atoms with Gasteiger partial charge >= 0.3 is 0 Å². The molecule has 0 fully saturated rings. The van der Waals surface area contributed by atoms with E-state index in [1.54, 1.807) is 49.0 Å². The van der Waals surface area contributed by atoms with E-state index in [0.717, 1.165) is 4.31 Å². The smallest absolute Gasteiger partial charge is 0.261 e. The van der Waals surface area contributed by atoms with E-state index in [1.807, 2.05) is 13.8 Å². The van der Waals surface area contributed by atoms with Crippen LogP contribution in [0.3, 0.4) is 0 Å². The second-order valence-corrected chi connectivity index (χ2v) is 10.2. The zero-order chi connectivity index (χ0) is 24.4. The normalized spacial score (nSPS) is 12.6. The predicted molar refractivity (Wildman–Crippen MR) is 126 cm³/mol. The lowest BCUT2D eigenvalue weighted by Crippen LogP contribution is -2.49. The lowest BCUT2D eigenvalue weighted by atomic mass is 10.0. The fourth-order valence-corrected chi connectivity index (χ4v) is 4.93. The van der Waals surface area contributed by atoms with E-state index in [9.17, 15) is 18.4 Å². The van der Waals surface area contributed by atoms with Crippen LogP contribution in [-0.4, -0.2) is 49.5 Å². The lowest BCUT2D eigenvalue weighted by Gasteiger charge is -2.30. The molecule has 10 heteroatoms. The van der Waals surface area contributed by atoms with E-state index in [4.69, 9.17) is 21.1 Å². The van der Waals surface area contributed by atoms with E-state index >= 15 is 0 Å². The van der Waals surface area contributed by atoms with Crippen LogP contribution in [-0.2, 0) is 21.4 Å². The van der Waals surface area contributed by atoms with Gasteiger partial charge in [0.05, 0.1) is 18.6 Å². The van der Waals surface area contributed by atoms with Crippen molar-refractivity contribution in [2.24, 2.45) is 5.92 Å². The second-order valence-electron chi connectivity index (χ2n) is 7.88. The van der Waals surface area contributed by atoms with Crippen LogP contribution in [0.15, 0.2) is 53.4 Å². The summed E-state index contributed by atoms with van der Waals surface area (Å²) < 4.78 is 39.1. The maximum absolute atomic E-state index is 13.7. The molecule has 2 aromatic rings. The molecule has 0 aliphatic heterocycles. The van der Waals surface area contributed by atoms with Crippen molar-refractivity contribution < 1.29 is 27.9 Å². The van der Waals surface area contributed by atoms with Gasteiger partial charge in [-0.25, -0.2) is 13.9 Å². The molecule has 8 nitrogen and oxygen atoms in total. The quantitative estimate of drug-likeness (QED) is 0.188. The molecule has 2 aromatic carbocycles. The van der Waals surface area contributed by atoms with E-state index in [2.05, 4.69) is 0 Å². The van der Waals surface area contributed by atoms with Crippen molar-refractivity contribution in [3.63, 3.8) is 0 Å². The zero-order valence-corrected chi connectivity index (χ0v) is 20.6. The van der Waals surface area contributed by atoms with Gasteiger partial charge in [-0.05, 0) is 60.7 Å². The minimum atomic E-state index is -4.10. The Morgan fingerprint density at radius 3 is 2.21 bits per heavy atom. The summed E-state index contributed by atoms with van der Waals surface area (Å²) in [4.78, 5) is 12.6. The number of benzene rings is 2. The lowest BCUT2D eigenvalue weighted by molar-refractivity contribution is -0.133. The van der Waals surface area contributed by atoms with Gasteiger partial charge in [-0.1, -0.05) is 26.0 Å². The summed E-state index contributed by atoms with van der Waals surface area (Å²) in [5, 5.41) is 9.31. The summed E-state index contributed by atoms with van der Waals surface area (Å²) in [6, 6.07) is 11.8.